The molecule has 0 radical (unpaired) electrons. The van der Waals surface area contributed by atoms with E-state index in [0.29, 0.717) is 26.3 Å². The van der Waals surface area contributed by atoms with E-state index in [1.807, 2.05) is 6.92 Å². The Morgan fingerprint density at radius 2 is 2.00 bits per heavy atom. The van der Waals surface area contributed by atoms with Crippen LogP contribution in [0, 0.1) is 0 Å². The van der Waals surface area contributed by atoms with Crippen molar-refractivity contribution in [3.8, 4) is 0 Å². The van der Waals surface area contributed by atoms with E-state index >= 15 is 0 Å². The van der Waals surface area contributed by atoms with Crippen LogP contribution in [0.2, 0.25) is 0 Å². The van der Waals surface area contributed by atoms with Crippen molar-refractivity contribution in [2.24, 2.45) is 0 Å². The summed E-state index contributed by atoms with van der Waals surface area (Å²) in [6.45, 7) is 6.19. The molecule has 2 rings (SSSR count). The number of nitrogens with zero attached hydrogens (tertiary/aromatic N) is 1. The first kappa shape index (κ1) is 14.2. The molecule has 1 spiro atoms. The Labute approximate surface area is 109 Å². The van der Waals surface area contributed by atoms with Gasteiger partial charge in [-0.05, 0) is 26.7 Å². The fraction of sp³-hybridized carbons (Fsp3) is 1.00. The Morgan fingerprint density at radius 3 is 2.56 bits per heavy atom. The second kappa shape index (κ2) is 5.45. The third kappa shape index (κ3) is 2.87. The number of hydrogen-bond donors (Lipinski definition) is 0. The van der Waals surface area contributed by atoms with E-state index in [9.17, 15) is 8.42 Å². The first-order valence-electron chi connectivity index (χ1n) is 6.75. The van der Waals surface area contributed by atoms with Crippen molar-refractivity contribution in [2.75, 3.05) is 32.1 Å². The summed E-state index contributed by atoms with van der Waals surface area (Å²) in [7, 11) is -3.04. The SMILES string of the molecule is CCO[C@@H]1COC2(CCN(S(=O)(=O)CC)CC2)C1. The van der Waals surface area contributed by atoms with Gasteiger partial charge in [0.25, 0.3) is 0 Å². The van der Waals surface area contributed by atoms with E-state index in [1.165, 1.54) is 0 Å². The number of hydrogen-bond acceptors (Lipinski definition) is 4. The van der Waals surface area contributed by atoms with Gasteiger partial charge in [-0.1, -0.05) is 0 Å². The zero-order valence-corrected chi connectivity index (χ0v) is 12.0. The topological polar surface area (TPSA) is 55.8 Å². The van der Waals surface area contributed by atoms with Gasteiger partial charge in [0, 0.05) is 26.1 Å². The van der Waals surface area contributed by atoms with Crippen LogP contribution in [0.5, 0.6) is 0 Å². The molecule has 2 aliphatic rings. The van der Waals surface area contributed by atoms with Crippen molar-refractivity contribution in [1.82, 2.24) is 4.31 Å². The maximum atomic E-state index is 11.8. The van der Waals surface area contributed by atoms with Gasteiger partial charge in [-0.15, -0.1) is 0 Å². The highest BCUT2D eigenvalue weighted by Crippen LogP contribution is 2.37. The molecule has 0 aliphatic carbocycles. The maximum absolute atomic E-state index is 11.8. The molecule has 0 saturated carbocycles. The molecule has 0 N–H and O–H groups in total. The maximum Gasteiger partial charge on any atom is 0.213 e. The molecule has 0 amide bonds. The van der Waals surface area contributed by atoms with Gasteiger partial charge in [-0.2, -0.15) is 0 Å². The van der Waals surface area contributed by atoms with E-state index < -0.39 is 10.0 Å². The molecular formula is C12H23NO4S. The summed E-state index contributed by atoms with van der Waals surface area (Å²) >= 11 is 0. The number of ether oxygens (including phenoxy) is 2. The van der Waals surface area contributed by atoms with Crippen LogP contribution in [0.1, 0.15) is 33.1 Å². The Balaban J connectivity index is 1.91. The Morgan fingerprint density at radius 1 is 1.33 bits per heavy atom. The van der Waals surface area contributed by atoms with Crippen LogP contribution in [0.15, 0.2) is 0 Å². The van der Waals surface area contributed by atoms with Crippen LogP contribution in [0.25, 0.3) is 0 Å². The van der Waals surface area contributed by atoms with E-state index in [1.54, 1.807) is 11.2 Å². The standard InChI is InChI=1S/C12H23NO4S/c1-3-16-11-9-12(17-10-11)5-7-13(8-6-12)18(14,15)4-2/h11H,3-10H2,1-2H3/t11-/m0/s1. The van der Waals surface area contributed by atoms with Crippen LogP contribution >= 0.6 is 0 Å². The molecule has 6 heteroatoms. The van der Waals surface area contributed by atoms with Gasteiger partial charge < -0.3 is 9.47 Å². The van der Waals surface area contributed by atoms with Crippen molar-refractivity contribution in [1.29, 1.82) is 0 Å². The third-order valence-corrected chi connectivity index (χ3v) is 5.85. The highest BCUT2D eigenvalue weighted by molar-refractivity contribution is 7.89. The monoisotopic (exact) mass is 277 g/mol. The molecule has 106 valence electrons. The lowest BCUT2D eigenvalue weighted by molar-refractivity contribution is -0.0335. The minimum atomic E-state index is -3.04. The van der Waals surface area contributed by atoms with Gasteiger partial charge >= 0.3 is 0 Å². The zero-order valence-electron chi connectivity index (χ0n) is 11.2. The molecule has 1 atom stereocenters. The summed E-state index contributed by atoms with van der Waals surface area (Å²) in [4.78, 5) is 0. The van der Waals surface area contributed by atoms with Crippen LogP contribution < -0.4 is 0 Å². The molecule has 0 aromatic rings. The lowest BCUT2D eigenvalue weighted by atomic mass is 9.89. The Hall–Kier alpha value is -0.170. The smallest absolute Gasteiger partial charge is 0.213 e. The van der Waals surface area contributed by atoms with Crippen LogP contribution in [0.4, 0.5) is 0 Å². The predicted octanol–water partition coefficient (Wildman–Crippen LogP) is 0.996. The average molecular weight is 277 g/mol. The molecule has 2 aliphatic heterocycles. The minimum absolute atomic E-state index is 0.139. The number of rotatable bonds is 4. The minimum Gasteiger partial charge on any atom is -0.376 e. The molecule has 0 aromatic carbocycles. The first-order chi connectivity index (χ1) is 8.51. The van der Waals surface area contributed by atoms with Crippen molar-refractivity contribution in [3.63, 3.8) is 0 Å². The molecule has 2 heterocycles. The van der Waals surface area contributed by atoms with Crippen molar-refractivity contribution >= 4 is 10.0 Å². The van der Waals surface area contributed by atoms with Crippen molar-refractivity contribution < 1.29 is 17.9 Å². The summed E-state index contributed by atoms with van der Waals surface area (Å²) in [5.74, 6) is 0.183. The van der Waals surface area contributed by atoms with Crippen molar-refractivity contribution in [2.45, 2.75) is 44.8 Å². The number of piperidine rings is 1. The van der Waals surface area contributed by atoms with Gasteiger partial charge in [0.15, 0.2) is 0 Å². The van der Waals surface area contributed by atoms with Gasteiger partial charge in [-0.25, -0.2) is 12.7 Å². The van der Waals surface area contributed by atoms with Gasteiger partial charge in [0.05, 0.1) is 24.1 Å². The van der Waals surface area contributed by atoms with E-state index in [2.05, 4.69) is 0 Å². The molecule has 0 aromatic heterocycles. The molecule has 18 heavy (non-hydrogen) atoms. The second-order valence-electron chi connectivity index (χ2n) is 5.08. The summed E-state index contributed by atoms with van der Waals surface area (Å²) in [6, 6.07) is 0. The summed E-state index contributed by atoms with van der Waals surface area (Å²) < 4.78 is 36.6. The van der Waals surface area contributed by atoms with Crippen LogP contribution in [0.3, 0.4) is 0 Å². The van der Waals surface area contributed by atoms with Crippen molar-refractivity contribution in [3.05, 3.63) is 0 Å². The summed E-state index contributed by atoms with van der Waals surface area (Å²) in [5.41, 5.74) is -0.139. The van der Waals surface area contributed by atoms with Gasteiger partial charge in [-0.3, -0.25) is 0 Å². The quantitative estimate of drug-likeness (QED) is 0.769. The second-order valence-corrected chi connectivity index (χ2v) is 7.33. The van der Waals surface area contributed by atoms with E-state index in [-0.39, 0.29) is 17.5 Å². The predicted molar refractivity (Wildman–Crippen MR) is 69.0 cm³/mol. The molecular weight excluding hydrogens is 254 g/mol. The highest BCUT2D eigenvalue weighted by Gasteiger charge is 2.44. The Kier molecular flexibility index (Phi) is 4.31. The highest BCUT2D eigenvalue weighted by atomic mass is 32.2. The zero-order chi connectivity index (χ0) is 13.2. The molecule has 2 fully saturated rings. The normalized spacial score (nSPS) is 28.9. The fourth-order valence-electron chi connectivity index (χ4n) is 2.85. The average Bonchev–Trinajstić information content (AvgIpc) is 2.73. The molecule has 0 unspecified atom stereocenters. The third-order valence-electron chi connectivity index (χ3n) is 3.97. The lowest BCUT2D eigenvalue weighted by Gasteiger charge is -2.37. The summed E-state index contributed by atoms with van der Waals surface area (Å²) in [5, 5.41) is 0. The fourth-order valence-corrected chi connectivity index (χ4v) is 3.95. The molecule has 2 saturated heterocycles. The largest absolute Gasteiger partial charge is 0.376 e. The molecule has 5 nitrogen and oxygen atoms in total. The van der Waals surface area contributed by atoms with E-state index in [0.717, 1.165) is 19.3 Å². The molecule has 0 bridgehead atoms. The lowest BCUT2D eigenvalue weighted by Crippen LogP contribution is -2.47. The van der Waals surface area contributed by atoms with E-state index in [4.69, 9.17) is 9.47 Å². The number of sulfonamides is 1. The summed E-state index contributed by atoms with van der Waals surface area (Å²) in [6.07, 6.45) is 2.66. The van der Waals surface area contributed by atoms with Gasteiger partial charge in [0.2, 0.25) is 10.0 Å². The van der Waals surface area contributed by atoms with Crippen LogP contribution in [-0.4, -0.2) is 56.5 Å². The van der Waals surface area contributed by atoms with Crippen LogP contribution in [-0.2, 0) is 19.5 Å². The first-order valence-corrected chi connectivity index (χ1v) is 8.35. The Bertz CT molecular complexity index is 374. The van der Waals surface area contributed by atoms with Gasteiger partial charge in [0.1, 0.15) is 0 Å².